The lowest BCUT2D eigenvalue weighted by Gasteiger charge is -2.11. The van der Waals surface area contributed by atoms with Crippen LogP contribution in [0.25, 0.3) is 0 Å². The van der Waals surface area contributed by atoms with Crippen molar-refractivity contribution in [2.45, 2.75) is 19.4 Å². The Hall–Kier alpha value is -0.540. The molecule has 0 saturated carbocycles. The van der Waals surface area contributed by atoms with Crippen LogP contribution in [0.15, 0.2) is 30.3 Å². The fourth-order valence-electron chi connectivity index (χ4n) is 1.70. The Kier molecular flexibility index (Phi) is 4.10. The average molecular weight is 287 g/mol. The Balaban J connectivity index is 2.36. The minimum atomic E-state index is -0.710. The van der Waals surface area contributed by atoms with Crippen LogP contribution in [-0.4, -0.2) is 5.11 Å². The van der Waals surface area contributed by atoms with Crippen molar-refractivity contribution < 1.29 is 5.11 Å². The van der Waals surface area contributed by atoms with Gasteiger partial charge in [-0.05, 0) is 23.6 Å². The third-order valence-corrected chi connectivity index (χ3v) is 4.17. The molecule has 1 aromatic heterocycles. The predicted molar refractivity (Wildman–Crippen MR) is 74.2 cm³/mol. The molecule has 1 unspecified atom stereocenters. The van der Waals surface area contributed by atoms with Crippen LogP contribution in [0, 0.1) is 0 Å². The summed E-state index contributed by atoms with van der Waals surface area (Å²) in [5.41, 5.74) is 2.72. The van der Waals surface area contributed by atoms with Gasteiger partial charge >= 0.3 is 0 Å². The van der Waals surface area contributed by atoms with E-state index in [1.54, 1.807) is 6.07 Å². The SMILES string of the molecule is CCc1cccc(C(O)c2cc(Cl)sc2Cl)c1. The quantitative estimate of drug-likeness (QED) is 0.867. The lowest BCUT2D eigenvalue weighted by atomic mass is 10.0. The molecule has 1 heterocycles. The standard InChI is InChI=1S/C13H12Cl2OS/c1-2-8-4-3-5-9(6-8)12(16)10-7-11(14)17-13(10)15/h3-7,12,16H,2H2,1H3. The van der Waals surface area contributed by atoms with Crippen LogP contribution >= 0.6 is 34.5 Å². The topological polar surface area (TPSA) is 20.2 Å². The molecule has 4 heteroatoms. The van der Waals surface area contributed by atoms with Crippen LogP contribution in [0.2, 0.25) is 8.67 Å². The van der Waals surface area contributed by atoms with Crippen LogP contribution in [0.5, 0.6) is 0 Å². The van der Waals surface area contributed by atoms with Gasteiger partial charge in [0.2, 0.25) is 0 Å². The second kappa shape index (κ2) is 5.40. The summed E-state index contributed by atoms with van der Waals surface area (Å²) in [6.07, 6.45) is 0.233. The lowest BCUT2D eigenvalue weighted by Crippen LogP contribution is -1.99. The number of thiophene rings is 1. The van der Waals surface area contributed by atoms with Crippen molar-refractivity contribution in [3.8, 4) is 0 Å². The third-order valence-electron chi connectivity index (χ3n) is 2.65. The molecule has 17 heavy (non-hydrogen) atoms. The molecule has 0 spiro atoms. The van der Waals surface area contributed by atoms with E-state index in [2.05, 4.69) is 6.92 Å². The minimum absolute atomic E-state index is 0.546. The Morgan fingerprint density at radius 3 is 2.65 bits per heavy atom. The summed E-state index contributed by atoms with van der Waals surface area (Å²) in [7, 11) is 0. The van der Waals surface area contributed by atoms with Gasteiger partial charge in [-0.1, -0.05) is 54.4 Å². The molecule has 90 valence electrons. The molecule has 0 aliphatic heterocycles. The van der Waals surface area contributed by atoms with E-state index in [1.807, 2.05) is 24.3 Å². The highest BCUT2D eigenvalue weighted by Gasteiger charge is 2.17. The number of hydrogen-bond donors (Lipinski definition) is 1. The Bertz CT molecular complexity index is 522. The number of aliphatic hydroxyl groups is 1. The first kappa shape index (κ1) is 12.9. The predicted octanol–water partition coefficient (Wildman–Crippen LogP) is 4.70. The van der Waals surface area contributed by atoms with Crippen molar-refractivity contribution in [2.75, 3.05) is 0 Å². The van der Waals surface area contributed by atoms with Gasteiger partial charge in [0.15, 0.2) is 0 Å². The zero-order chi connectivity index (χ0) is 12.4. The second-order valence-electron chi connectivity index (χ2n) is 3.78. The van der Waals surface area contributed by atoms with Crippen LogP contribution in [0.4, 0.5) is 0 Å². The summed E-state index contributed by atoms with van der Waals surface area (Å²) in [5, 5.41) is 10.3. The van der Waals surface area contributed by atoms with Crippen LogP contribution in [0.1, 0.15) is 29.7 Å². The van der Waals surface area contributed by atoms with Crippen molar-refractivity contribution in [3.05, 3.63) is 55.7 Å². The van der Waals surface area contributed by atoms with Gasteiger partial charge in [-0.15, -0.1) is 11.3 Å². The number of aryl methyl sites for hydroxylation is 1. The highest BCUT2D eigenvalue weighted by molar-refractivity contribution is 7.20. The van der Waals surface area contributed by atoms with E-state index in [0.717, 1.165) is 12.0 Å². The lowest BCUT2D eigenvalue weighted by molar-refractivity contribution is 0.221. The van der Waals surface area contributed by atoms with Crippen molar-refractivity contribution in [1.29, 1.82) is 0 Å². The summed E-state index contributed by atoms with van der Waals surface area (Å²) in [4.78, 5) is 0. The minimum Gasteiger partial charge on any atom is -0.384 e. The average Bonchev–Trinajstić information content (AvgIpc) is 2.67. The number of aliphatic hydroxyl groups excluding tert-OH is 1. The first-order valence-electron chi connectivity index (χ1n) is 5.33. The molecule has 0 aliphatic rings. The molecule has 1 atom stereocenters. The molecule has 1 N–H and O–H groups in total. The van der Waals surface area contributed by atoms with Crippen molar-refractivity contribution in [2.24, 2.45) is 0 Å². The maximum atomic E-state index is 10.3. The van der Waals surface area contributed by atoms with Gasteiger partial charge in [-0.25, -0.2) is 0 Å². The van der Waals surface area contributed by atoms with E-state index in [4.69, 9.17) is 23.2 Å². The Labute approximate surface area is 115 Å². The fraction of sp³-hybridized carbons (Fsp3) is 0.231. The van der Waals surface area contributed by atoms with Crippen LogP contribution < -0.4 is 0 Å². The van der Waals surface area contributed by atoms with Gasteiger partial charge in [-0.3, -0.25) is 0 Å². The van der Waals surface area contributed by atoms with Crippen LogP contribution in [0.3, 0.4) is 0 Å². The van der Waals surface area contributed by atoms with E-state index < -0.39 is 6.10 Å². The number of rotatable bonds is 3. The fourth-order valence-corrected chi connectivity index (χ4v) is 3.22. The van der Waals surface area contributed by atoms with E-state index >= 15 is 0 Å². The summed E-state index contributed by atoms with van der Waals surface area (Å²) < 4.78 is 1.14. The molecule has 0 bridgehead atoms. The van der Waals surface area contributed by atoms with Crippen molar-refractivity contribution in [3.63, 3.8) is 0 Å². The van der Waals surface area contributed by atoms with Crippen molar-refractivity contribution in [1.82, 2.24) is 0 Å². The molecule has 0 amide bonds. The van der Waals surface area contributed by atoms with E-state index in [-0.39, 0.29) is 0 Å². The van der Waals surface area contributed by atoms with Gasteiger partial charge in [0.1, 0.15) is 10.4 Å². The zero-order valence-corrected chi connectivity index (χ0v) is 11.6. The molecule has 2 aromatic rings. The van der Waals surface area contributed by atoms with Gasteiger partial charge < -0.3 is 5.11 Å². The molecule has 1 nitrogen and oxygen atoms in total. The highest BCUT2D eigenvalue weighted by atomic mass is 35.5. The van der Waals surface area contributed by atoms with Crippen LogP contribution in [-0.2, 0) is 6.42 Å². The van der Waals surface area contributed by atoms with Gasteiger partial charge in [0, 0.05) is 5.56 Å². The van der Waals surface area contributed by atoms with E-state index in [9.17, 15) is 5.11 Å². The third kappa shape index (κ3) is 2.83. The van der Waals surface area contributed by atoms with Gasteiger partial charge in [-0.2, -0.15) is 0 Å². The maximum Gasteiger partial charge on any atom is 0.106 e. The molecule has 0 radical (unpaired) electrons. The molecule has 0 fully saturated rings. The number of hydrogen-bond acceptors (Lipinski definition) is 2. The molecule has 0 saturated heterocycles. The number of halogens is 2. The van der Waals surface area contributed by atoms with Crippen molar-refractivity contribution >= 4 is 34.5 Å². The first-order chi connectivity index (χ1) is 8.11. The summed E-state index contributed by atoms with van der Waals surface area (Å²) in [6, 6.07) is 9.59. The highest BCUT2D eigenvalue weighted by Crippen LogP contribution is 2.37. The van der Waals surface area contributed by atoms with E-state index in [0.29, 0.717) is 14.2 Å². The Morgan fingerprint density at radius 2 is 2.06 bits per heavy atom. The van der Waals surface area contributed by atoms with Gasteiger partial charge in [0.05, 0.1) is 4.34 Å². The molecule has 2 rings (SSSR count). The molecular weight excluding hydrogens is 275 g/mol. The summed E-state index contributed by atoms with van der Waals surface area (Å²) >= 11 is 13.2. The maximum absolute atomic E-state index is 10.3. The Morgan fingerprint density at radius 1 is 1.29 bits per heavy atom. The number of benzene rings is 1. The first-order valence-corrected chi connectivity index (χ1v) is 6.90. The van der Waals surface area contributed by atoms with Gasteiger partial charge in [0.25, 0.3) is 0 Å². The summed E-state index contributed by atoms with van der Waals surface area (Å²) in [5.74, 6) is 0. The van der Waals surface area contributed by atoms with E-state index in [1.165, 1.54) is 16.9 Å². The molecule has 0 aliphatic carbocycles. The normalized spacial score (nSPS) is 12.7. The molecule has 1 aromatic carbocycles. The molecular formula is C13H12Cl2OS. The second-order valence-corrected chi connectivity index (χ2v) is 6.07. The smallest absolute Gasteiger partial charge is 0.106 e. The summed E-state index contributed by atoms with van der Waals surface area (Å²) in [6.45, 7) is 2.08. The largest absolute Gasteiger partial charge is 0.384 e. The zero-order valence-electron chi connectivity index (χ0n) is 9.28. The monoisotopic (exact) mass is 286 g/mol.